The molecule has 3 rings (SSSR count). The van der Waals surface area contributed by atoms with Crippen molar-refractivity contribution in [2.24, 2.45) is 0 Å². The van der Waals surface area contributed by atoms with Gasteiger partial charge in [0.1, 0.15) is 12.6 Å². The summed E-state index contributed by atoms with van der Waals surface area (Å²) in [6, 6.07) is 23.4. The van der Waals surface area contributed by atoms with Gasteiger partial charge in [0.05, 0.1) is 10.6 Å². The molecule has 0 aliphatic rings. The zero-order chi connectivity index (χ0) is 26.1. The van der Waals surface area contributed by atoms with Gasteiger partial charge in [-0.15, -0.1) is 0 Å². The fourth-order valence-electron chi connectivity index (χ4n) is 3.71. The Morgan fingerprint density at radius 1 is 0.889 bits per heavy atom. The molecule has 0 radical (unpaired) electrons. The number of rotatable bonds is 11. The van der Waals surface area contributed by atoms with E-state index in [1.165, 1.54) is 17.0 Å². The van der Waals surface area contributed by atoms with Crippen LogP contribution < -0.4 is 9.62 Å². The van der Waals surface area contributed by atoms with E-state index < -0.39 is 28.5 Å². The number of nitrogens with zero attached hydrogens (tertiary/aromatic N) is 2. The number of carbonyl (C=O) groups is 2. The second-order valence-corrected chi connectivity index (χ2v) is 10.5. The number of amides is 2. The van der Waals surface area contributed by atoms with Crippen molar-refractivity contribution in [2.75, 3.05) is 17.4 Å². The molecule has 0 saturated heterocycles. The summed E-state index contributed by atoms with van der Waals surface area (Å²) in [7, 11) is -4.04. The van der Waals surface area contributed by atoms with Crippen LogP contribution in [0, 0.1) is 6.92 Å². The summed E-state index contributed by atoms with van der Waals surface area (Å²) in [5.74, 6) is -0.757. The van der Waals surface area contributed by atoms with Crippen molar-refractivity contribution in [3.05, 3.63) is 96.1 Å². The molecule has 7 nitrogen and oxygen atoms in total. The molecule has 0 aliphatic carbocycles. The van der Waals surface area contributed by atoms with Crippen LogP contribution >= 0.6 is 0 Å². The fourth-order valence-corrected chi connectivity index (χ4v) is 5.15. The standard InChI is InChI=1S/C28H33N3O4S/c1-4-19-29-28(33)23(3)30(20-24-17-15-22(2)16-18-24)27(32)21-31(25-11-7-5-8-12-25)36(34,35)26-13-9-6-10-14-26/h5-18,23H,4,19-21H2,1-3H3,(H,29,33). The highest BCUT2D eigenvalue weighted by Crippen LogP contribution is 2.24. The molecular formula is C28H33N3O4S. The molecule has 0 spiro atoms. The number of para-hydroxylation sites is 1. The predicted molar refractivity (Wildman–Crippen MR) is 142 cm³/mol. The maximum absolute atomic E-state index is 13.7. The Morgan fingerprint density at radius 2 is 1.47 bits per heavy atom. The van der Waals surface area contributed by atoms with Gasteiger partial charge in [-0.25, -0.2) is 8.42 Å². The van der Waals surface area contributed by atoms with Crippen molar-refractivity contribution >= 4 is 27.5 Å². The summed E-state index contributed by atoms with van der Waals surface area (Å²) >= 11 is 0. The quantitative estimate of drug-likeness (QED) is 0.423. The van der Waals surface area contributed by atoms with E-state index >= 15 is 0 Å². The summed E-state index contributed by atoms with van der Waals surface area (Å²) in [5, 5.41) is 2.84. The van der Waals surface area contributed by atoms with Crippen LogP contribution in [-0.2, 0) is 26.2 Å². The van der Waals surface area contributed by atoms with Crippen LogP contribution in [0.25, 0.3) is 0 Å². The van der Waals surface area contributed by atoms with Gasteiger partial charge < -0.3 is 10.2 Å². The lowest BCUT2D eigenvalue weighted by atomic mass is 10.1. The molecular weight excluding hydrogens is 474 g/mol. The van der Waals surface area contributed by atoms with Gasteiger partial charge in [0, 0.05) is 13.1 Å². The minimum Gasteiger partial charge on any atom is -0.354 e. The number of hydrogen-bond donors (Lipinski definition) is 1. The van der Waals surface area contributed by atoms with E-state index in [4.69, 9.17) is 0 Å². The van der Waals surface area contributed by atoms with Crippen LogP contribution in [0.4, 0.5) is 5.69 Å². The van der Waals surface area contributed by atoms with Crippen molar-refractivity contribution < 1.29 is 18.0 Å². The van der Waals surface area contributed by atoms with E-state index in [1.54, 1.807) is 55.5 Å². The molecule has 8 heteroatoms. The molecule has 1 unspecified atom stereocenters. The third-order valence-electron chi connectivity index (χ3n) is 5.84. The van der Waals surface area contributed by atoms with E-state index in [2.05, 4.69) is 5.32 Å². The average molecular weight is 508 g/mol. The molecule has 0 saturated carbocycles. The number of carbonyl (C=O) groups excluding carboxylic acids is 2. The lowest BCUT2D eigenvalue weighted by Gasteiger charge is -2.32. The van der Waals surface area contributed by atoms with Crippen molar-refractivity contribution in [1.29, 1.82) is 0 Å². The largest absolute Gasteiger partial charge is 0.354 e. The summed E-state index contributed by atoms with van der Waals surface area (Å²) < 4.78 is 28.3. The molecule has 0 bridgehead atoms. The van der Waals surface area contributed by atoms with Gasteiger partial charge in [-0.2, -0.15) is 0 Å². The van der Waals surface area contributed by atoms with Gasteiger partial charge in [0.2, 0.25) is 11.8 Å². The molecule has 190 valence electrons. The van der Waals surface area contributed by atoms with Gasteiger partial charge in [0.25, 0.3) is 10.0 Å². The molecule has 3 aromatic carbocycles. The van der Waals surface area contributed by atoms with Gasteiger partial charge in [-0.05, 0) is 50.1 Å². The molecule has 1 N–H and O–H groups in total. The van der Waals surface area contributed by atoms with E-state index in [9.17, 15) is 18.0 Å². The fraction of sp³-hybridized carbons (Fsp3) is 0.286. The molecule has 1 atom stereocenters. The second kappa shape index (κ2) is 12.4. The zero-order valence-electron chi connectivity index (χ0n) is 20.9. The minimum absolute atomic E-state index is 0.0838. The number of hydrogen-bond acceptors (Lipinski definition) is 4. The molecule has 0 heterocycles. The lowest BCUT2D eigenvalue weighted by Crippen LogP contribution is -2.51. The number of aryl methyl sites for hydroxylation is 1. The Hall–Kier alpha value is -3.65. The van der Waals surface area contributed by atoms with Gasteiger partial charge in [0.15, 0.2) is 0 Å². The van der Waals surface area contributed by atoms with Crippen LogP contribution in [0.5, 0.6) is 0 Å². The Kier molecular flexibility index (Phi) is 9.25. The molecule has 0 fully saturated rings. The smallest absolute Gasteiger partial charge is 0.264 e. The molecule has 2 amide bonds. The first kappa shape index (κ1) is 26.9. The van der Waals surface area contributed by atoms with E-state index in [0.29, 0.717) is 12.2 Å². The van der Waals surface area contributed by atoms with Crippen molar-refractivity contribution in [2.45, 2.75) is 44.7 Å². The van der Waals surface area contributed by atoms with Crippen LogP contribution in [-0.4, -0.2) is 44.3 Å². The number of anilines is 1. The van der Waals surface area contributed by atoms with E-state index in [0.717, 1.165) is 21.9 Å². The lowest BCUT2D eigenvalue weighted by molar-refractivity contribution is -0.139. The maximum atomic E-state index is 13.7. The average Bonchev–Trinajstić information content (AvgIpc) is 2.90. The van der Waals surface area contributed by atoms with E-state index in [-0.39, 0.29) is 17.3 Å². The molecule has 0 aromatic heterocycles. The Morgan fingerprint density at radius 3 is 2.06 bits per heavy atom. The predicted octanol–water partition coefficient (Wildman–Crippen LogP) is 4.13. The Bertz CT molecular complexity index is 1250. The maximum Gasteiger partial charge on any atom is 0.264 e. The summed E-state index contributed by atoms with van der Waals surface area (Å²) in [4.78, 5) is 28.1. The zero-order valence-corrected chi connectivity index (χ0v) is 21.7. The van der Waals surface area contributed by atoms with Crippen LogP contribution in [0.2, 0.25) is 0 Å². The third kappa shape index (κ3) is 6.73. The number of nitrogens with one attached hydrogen (secondary N) is 1. The summed E-state index contributed by atoms with van der Waals surface area (Å²) in [6.45, 7) is 5.81. The van der Waals surface area contributed by atoms with Gasteiger partial charge >= 0.3 is 0 Å². The first-order valence-corrected chi connectivity index (χ1v) is 13.4. The van der Waals surface area contributed by atoms with Crippen molar-refractivity contribution in [1.82, 2.24) is 10.2 Å². The molecule has 0 aliphatic heterocycles. The highest BCUT2D eigenvalue weighted by molar-refractivity contribution is 7.92. The summed E-state index contributed by atoms with van der Waals surface area (Å²) in [6.07, 6.45) is 0.765. The Labute approximate surface area is 213 Å². The monoisotopic (exact) mass is 507 g/mol. The highest BCUT2D eigenvalue weighted by atomic mass is 32.2. The first-order valence-electron chi connectivity index (χ1n) is 12.0. The number of benzene rings is 3. The normalized spacial score (nSPS) is 12.0. The highest BCUT2D eigenvalue weighted by Gasteiger charge is 2.32. The molecule has 36 heavy (non-hydrogen) atoms. The number of sulfonamides is 1. The summed E-state index contributed by atoms with van der Waals surface area (Å²) in [5.41, 5.74) is 2.30. The van der Waals surface area contributed by atoms with Crippen LogP contribution in [0.3, 0.4) is 0 Å². The van der Waals surface area contributed by atoms with Crippen LogP contribution in [0.1, 0.15) is 31.4 Å². The molecule has 3 aromatic rings. The Balaban J connectivity index is 1.97. The van der Waals surface area contributed by atoms with Crippen molar-refractivity contribution in [3.8, 4) is 0 Å². The second-order valence-electron chi connectivity index (χ2n) is 8.63. The minimum atomic E-state index is -4.04. The van der Waals surface area contributed by atoms with E-state index in [1.807, 2.05) is 38.1 Å². The third-order valence-corrected chi connectivity index (χ3v) is 7.63. The van der Waals surface area contributed by atoms with Crippen LogP contribution in [0.15, 0.2) is 89.8 Å². The van der Waals surface area contributed by atoms with Gasteiger partial charge in [-0.3, -0.25) is 13.9 Å². The van der Waals surface area contributed by atoms with Crippen molar-refractivity contribution in [3.63, 3.8) is 0 Å². The first-order chi connectivity index (χ1) is 17.2. The topological polar surface area (TPSA) is 86.8 Å². The van der Waals surface area contributed by atoms with Gasteiger partial charge in [-0.1, -0.05) is 73.2 Å². The SMILES string of the molecule is CCCNC(=O)C(C)N(Cc1ccc(C)cc1)C(=O)CN(c1ccccc1)S(=O)(=O)c1ccccc1.